The molecule has 2 aromatic rings. The highest BCUT2D eigenvalue weighted by Gasteiger charge is 2.60. The zero-order chi connectivity index (χ0) is 20.3. The van der Waals surface area contributed by atoms with Crippen molar-refractivity contribution in [1.82, 2.24) is 0 Å². The van der Waals surface area contributed by atoms with Crippen molar-refractivity contribution in [3.63, 3.8) is 0 Å². The zero-order valence-corrected chi connectivity index (χ0v) is 16.1. The molecule has 28 heavy (non-hydrogen) atoms. The van der Waals surface area contributed by atoms with Crippen LogP contribution in [-0.2, 0) is 19.1 Å². The number of nitrogens with one attached hydrogen (secondary N) is 1. The number of para-hydroxylation sites is 2. The summed E-state index contributed by atoms with van der Waals surface area (Å²) in [6.45, 7) is 3.17. The lowest BCUT2D eigenvalue weighted by atomic mass is 9.95. The molecule has 0 saturated carbocycles. The van der Waals surface area contributed by atoms with E-state index in [-0.39, 0.29) is 12.3 Å². The quantitative estimate of drug-likeness (QED) is 0.474. The summed E-state index contributed by atoms with van der Waals surface area (Å²) in [6.07, 6.45) is 0. The summed E-state index contributed by atoms with van der Waals surface area (Å²) in [4.78, 5) is 39.4. The van der Waals surface area contributed by atoms with E-state index in [1.807, 2.05) is 0 Å². The Morgan fingerprint density at radius 3 is 2.43 bits per heavy atom. The van der Waals surface area contributed by atoms with Crippen molar-refractivity contribution in [1.29, 1.82) is 0 Å². The molecule has 1 fully saturated rings. The molecular weight excluding hydrogens is 382 g/mol. The monoisotopic (exact) mass is 399 g/mol. The molecule has 1 amide bonds. The number of ether oxygens (including phenoxy) is 1. The Bertz CT molecular complexity index is 961. The molecule has 1 atom stereocenters. The Morgan fingerprint density at radius 2 is 1.79 bits per heavy atom. The first-order valence-corrected chi connectivity index (χ1v) is 8.99. The fraction of sp³-hybridized carbons (Fsp3) is 0.200. The highest BCUT2D eigenvalue weighted by Crippen LogP contribution is 2.33. The second-order valence-corrected chi connectivity index (χ2v) is 6.56. The average molecular weight is 400 g/mol. The van der Waals surface area contributed by atoms with Crippen molar-refractivity contribution in [3.05, 3.63) is 59.6 Å². The predicted octanol–water partition coefficient (Wildman–Crippen LogP) is 3.05. The van der Waals surface area contributed by atoms with E-state index in [4.69, 9.17) is 16.3 Å². The molecule has 0 spiro atoms. The Morgan fingerprint density at radius 1 is 1.14 bits per heavy atom. The van der Waals surface area contributed by atoms with Crippen molar-refractivity contribution in [3.8, 4) is 0 Å². The molecule has 7 nitrogen and oxygen atoms in total. The van der Waals surface area contributed by atoms with E-state index in [1.54, 1.807) is 61.5 Å². The van der Waals surface area contributed by atoms with Gasteiger partial charge in [0.25, 0.3) is 5.78 Å². The van der Waals surface area contributed by atoms with Crippen molar-refractivity contribution >= 4 is 46.3 Å². The fourth-order valence-corrected chi connectivity index (χ4v) is 3.15. The number of hydrazone groups is 1. The minimum absolute atomic E-state index is 0.0880. The average Bonchev–Trinajstić information content (AvgIpc) is 2.89. The van der Waals surface area contributed by atoms with E-state index in [0.29, 0.717) is 16.4 Å². The number of rotatable bonds is 5. The number of carbonyl (C=O) groups is 3. The molecule has 3 rings (SSSR count). The molecular formula is C20H18ClN3O4. The zero-order valence-electron chi connectivity index (χ0n) is 15.3. The normalized spacial score (nSPS) is 20.5. The number of nitrogens with zero attached hydrogens (tertiary/aromatic N) is 2. The van der Waals surface area contributed by atoms with Gasteiger partial charge in [0, 0.05) is 5.69 Å². The van der Waals surface area contributed by atoms with Gasteiger partial charge in [0.15, 0.2) is 11.3 Å². The van der Waals surface area contributed by atoms with Gasteiger partial charge in [-0.1, -0.05) is 41.9 Å². The van der Waals surface area contributed by atoms with Gasteiger partial charge in [-0.15, -0.1) is 0 Å². The number of benzene rings is 2. The second kappa shape index (κ2) is 7.82. The number of amides is 1. The number of anilines is 2. The Hall–Kier alpha value is -3.19. The molecule has 1 aliphatic heterocycles. The molecule has 1 aliphatic rings. The van der Waals surface area contributed by atoms with Crippen LogP contribution in [0.15, 0.2) is 59.7 Å². The highest BCUT2D eigenvalue weighted by atomic mass is 35.5. The molecule has 1 unspecified atom stereocenters. The lowest BCUT2D eigenvalue weighted by Crippen LogP contribution is -2.55. The molecule has 8 heteroatoms. The Kier molecular flexibility index (Phi) is 5.46. The second-order valence-electron chi connectivity index (χ2n) is 6.15. The number of halogens is 1. The maximum atomic E-state index is 12.8. The van der Waals surface area contributed by atoms with E-state index in [9.17, 15) is 14.4 Å². The van der Waals surface area contributed by atoms with Gasteiger partial charge in [-0.3, -0.25) is 19.9 Å². The summed E-state index contributed by atoms with van der Waals surface area (Å²) in [7, 11) is 0. The van der Waals surface area contributed by atoms with Crippen LogP contribution in [-0.4, -0.2) is 35.5 Å². The van der Waals surface area contributed by atoms with Crippen molar-refractivity contribution < 1.29 is 19.1 Å². The number of esters is 1. The van der Waals surface area contributed by atoms with Gasteiger partial charge in [-0.05, 0) is 38.1 Å². The number of hydrogen-bond donors (Lipinski definition) is 1. The van der Waals surface area contributed by atoms with Crippen LogP contribution in [0.1, 0.15) is 13.8 Å². The maximum absolute atomic E-state index is 12.8. The van der Waals surface area contributed by atoms with Gasteiger partial charge >= 0.3 is 11.9 Å². The standard InChI is InChI=1S/C20H18ClN3O4/c1-3-28-19(27)20(2)17(23-22-15-12-8-7-11-14(15)21)16(25)18(26)24(20)13-9-5-4-6-10-13/h4-12,22H,3H2,1-2H3. The van der Waals surface area contributed by atoms with Crippen molar-refractivity contribution in [2.45, 2.75) is 19.4 Å². The highest BCUT2D eigenvalue weighted by molar-refractivity contribution is 6.75. The van der Waals surface area contributed by atoms with Gasteiger partial charge in [0.2, 0.25) is 0 Å². The van der Waals surface area contributed by atoms with E-state index < -0.39 is 23.2 Å². The summed E-state index contributed by atoms with van der Waals surface area (Å²) < 4.78 is 5.16. The Labute approximate surface area is 166 Å². The van der Waals surface area contributed by atoms with Gasteiger partial charge in [-0.2, -0.15) is 5.10 Å². The topological polar surface area (TPSA) is 88.1 Å². The summed E-state index contributed by atoms with van der Waals surface area (Å²) >= 11 is 6.10. The van der Waals surface area contributed by atoms with Crippen LogP contribution in [0.4, 0.5) is 11.4 Å². The molecule has 1 N–H and O–H groups in total. The van der Waals surface area contributed by atoms with Crippen LogP contribution < -0.4 is 10.3 Å². The van der Waals surface area contributed by atoms with Gasteiger partial charge in [0.1, 0.15) is 0 Å². The van der Waals surface area contributed by atoms with Gasteiger partial charge in [0.05, 0.1) is 17.3 Å². The van der Waals surface area contributed by atoms with Crippen LogP contribution in [0.3, 0.4) is 0 Å². The van der Waals surface area contributed by atoms with E-state index in [2.05, 4.69) is 10.5 Å². The van der Waals surface area contributed by atoms with Gasteiger partial charge < -0.3 is 4.74 Å². The molecule has 0 aliphatic carbocycles. The van der Waals surface area contributed by atoms with Gasteiger partial charge in [-0.25, -0.2) is 4.79 Å². The minimum atomic E-state index is -1.72. The number of ketones is 1. The van der Waals surface area contributed by atoms with E-state index in [0.717, 1.165) is 4.90 Å². The van der Waals surface area contributed by atoms with Crippen molar-refractivity contribution in [2.24, 2.45) is 5.10 Å². The molecule has 144 valence electrons. The number of Topliss-reactive ketones (excluding diaryl/α,β-unsaturated/α-hetero) is 1. The van der Waals surface area contributed by atoms with Crippen LogP contribution in [0, 0.1) is 0 Å². The molecule has 0 aromatic heterocycles. The molecule has 1 heterocycles. The predicted molar refractivity (Wildman–Crippen MR) is 106 cm³/mol. The molecule has 0 radical (unpaired) electrons. The third-order valence-electron chi connectivity index (χ3n) is 4.37. The van der Waals surface area contributed by atoms with Crippen LogP contribution in [0.25, 0.3) is 0 Å². The maximum Gasteiger partial charge on any atom is 0.338 e. The largest absolute Gasteiger partial charge is 0.464 e. The molecule has 2 aromatic carbocycles. The summed E-state index contributed by atoms with van der Waals surface area (Å²) in [5.41, 5.74) is 1.51. The number of carbonyl (C=O) groups excluding carboxylic acids is 3. The first-order valence-electron chi connectivity index (χ1n) is 8.61. The summed E-state index contributed by atoms with van der Waals surface area (Å²) in [6, 6.07) is 15.2. The molecule has 1 saturated heterocycles. The Balaban J connectivity index is 2.10. The fourth-order valence-electron chi connectivity index (χ4n) is 2.97. The lowest BCUT2D eigenvalue weighted by Gasteiger charge is -2.31. The van der Waals surface area contributed by atoms with E-state index >= 15 is 0 Å². The first kappa shape index (κ1) is 19.6. The lowest BCUT2D eigenvalue weighted by molar-refractivity contribution is -0.147. The third kappa shape index (κ3) is 3.25. The number of hydrogen-bond acceptors (Lipinski definition) is 6. The third-order valence-corrected chi connectivity index (χ3v) is 4.70. The summed E-state index contributed by atoms with van der Waals surface area (Å²) in [5.74, 6) is -2.50. The first-order chi connectivity index (χ1) is 13.4. The van der Waals surface area contributed by atoms with Crippen LogP contribution in [0.5, 0.6) is 0 Å². The van der Waals surface area contributed by atoms with Crippen LogP contribution in [0.2, 0.25) is 5.02 Å². The SMILES string of the molecule is CCOC(=O)C1(C)C(=NNc2ccccc2Cl)C(=O)C(=O)N1c1ccccc1. The van der Waals surface area contributed by atoms with Crippen LogP contribution >= 0.6 is 11.6 Å². The molecule has 0 bridgehead atoms. The van der Waals surface area contributed by atoms with E-state index in [1.165, 1.54) is 6.92 Å². The van der Waals surface area contributed by atoms with Crippen molar-refractivity contribution in [2.75, 3.05) is 16.9 Å². The smallest absolute Gasteiger partial charge is 0.338 e. The summed E-state index contributed by atoms with van der Waals surface area (Å²) in [5, 5.41) is 4.46. The minimum Gasteiger partial charge on any atom is -0.464 e.